The predicted molar refractivity (Wildman–Crippen MR) is 99.8 cm³/mol. The zero-order valence-corrected chi connectivity index (χ0v) is 16.0. The standard InChI is InChI=1S/C18H14ClN3O5S/c1-10(15(23)20-11-7-8-14(19)13(9-11)17(24)25)28-16-18(26)27-21-22(16)12-5-3-2-4-6-12/h2-10H,1H3,(H2-,20,21,23,24,25,26). The summed E-state index contributed by atoms with van der Waals surface area (Å²) < 4.78 is 6.05. The first-order valence-corrected chi connectivity index (χ1v) is 9.27. The molecule has 0 saturated heterocycles. The molecule has 144 valence electrons. The minimum absolute atomic E-state index is 0.0669. The number of amides is 1. The van der Waals surface area contributed by atoms with Gasteiger partial charge >= 0.3 is 5.97 Å². The Bertz CT molecular complexity index is 1030. The smallest absolute Gasteiger partial charge is 0.337 e. The van der Waals surface area contributed by atoms with E-state index >= 15 is 0 Å². The van der Waals surface area contributed by atoms with Gasteiger partial charge in [0.1, 0.15) is 0 Å². The Balaban J connectivity index is 1.76. The van der Waals surface area contributed by atoms with Gasteiger partial charge in [-0.2, -0.15) is 0 Å². The van der Waals surface area contributed by atoms with Crippen LogP contribution in [0.2, 0.25) is 5.02 Å². The summed E-state index contributed by atoms with van der Waals surface area (Å²) in [5.74, 6) is -2.29. The summed E-state index contributed by atoms with van der Waals surface area (Å²) >= 11 is 6.80. The fourth-order valence-electron chi connectivity index (χ4n) is 2.30. The van der Waals surface area contributed by atoms with Crippen molar-refractivity contribution in [1.82, 2.24) is 5.27 Å². The van der Waals surface area contributed by atoms with Crippen LogP contribution in [0.1, 0.15) is 17.3 Å². The third-order valence-corrected chi connectivity index (χ3v) is 5.16. The minimum atomic E-state index is -1.20. The van der Waals surface area contributed by atoms with E-state index in [0.717, 1.165) is 11.8 Å². The van der Waals surface area contributed by atoms with Crippen molar-refractivity contribution in [3.63, 3.8) is 0 Å². The van der Waals surface area contributed by atoms with Gasteiger partial charge in [0.05, 0.1) is 21.1 Å². The van der Waals surface area contributed by atoms with Gasteiger partial charge in [0, 0.05) is 17.8 Å². The van der Waals surface area contributed by atoms with Crippen LogP contribution in [0.15, 0.2) is 58.1 Å². The number of para-hydroxylation sites is 1. The molecule has 1 amide bonds. The molecule has 0 radical (unpaired) electrons. The highest BCUT2D eigenvalue weighted by atomic mass is 35.5. The van der Waals surface area contributed by atoms with Crippen molar-refractivity contribution in [3.8, 4) is 11.6 Å². The van der Waals surface area contributed by atoms with Crippen LogP contribution >= 0.6 is 23.4 Å². The van der Waals surface area contributed by atoms with E-state index in [1.165, 1.54) is 22.9 Å². The average Bonchev–Trinajstić information content (AvgIpc) is 3.04. The molecule has 28 heavy (non-hydrogen) atoms. The Kier molecular flexibility index (Phi) is 5.86. The molecule has 0 fully saturated rings. The quantitative estimate of drug-likeness (QED) is 0.465. The molecule has 0 aliphatic rings. The Labute approximate surface area is 168 Å². The Hall–Kier alpha value is -3.04. The highest BCUT2D eigenvalue weighted by Crippen LogP contribution is 2.28. The Morgan fingerprint density at radius 3 is 2.68 bits per heavy atom. The minimum Gasteiger partial charge on any atom is -0.538 e. The first kappa shape index (κ1) is 19.7. The summed E-state index contributed by atoms with van der Waals surface area (Å²) in [4.78, 5) is 23.6. The van der Waals surface area contributed by atoms with Gasteiger partial charge in [0.2, 0.25) is 11.6 Å². The molecule has 0 bridgehead atoms. The largest absolute Gasteiger partial charge is 0.538 e. The van der Waals surface area contributed by atoms with Crippen LogP contribution in [0, 0.1) is 0 Å². The molecule has 10 heteroatoms. The van der Waals surface area contributed by atoms with E-state index in [-0.39, 0.29) is 21.3 Å². The number of thioether (sulfide) groups is 1. The van der Waals surface area contributed by atoms with Gasteiger partial charge in [-0.05, 0) is 41.6 Å². The molecular weight excluding hydrogens is 406 g/mol. The number of rotatable bonds is 6. The Morgan fingerprint density at radius 1 is 1.29 bits per heavy atom. The second-order valence-corrected chi connectivity index (χ2v) is 7.40. The molecule has 3 aromatic rings. The summed E-state index contributed by atoms with van der Waals surface area (Å²) in [7, 11) is 0. The van der Waals surface area contributed by atoms with Gasteiger partial charge in [-0.25, -0.2) is 4.79 Å². The number of halogens is 1. The number of carboxylic acid groups (broad SMARTS) is 1. The number of benzene rings is 2. The maximum atomic E-state index is 12.5. The van der Waals surface area contributed by atoms with Crippen LogP contribution in [0.5, 0.6) is 5.95 Å². The van der Waals surface area contributed by atoms with Crippen LogP contribution in [0.3, 0.4) is 0 Å². The van der Waals surface area contributed by atoms with E-state index in [0.29, 0.717) is 5.69 Å². The molecule has 2 aromatic carbocycles. The normalized spacial score (nSPS) is 11.8. The van der Waals surface area contributed by atoms with E-state index in [9.17, 15) is 14.7 Å². The van der Waals surface area contributed by atoms with Crippen molar-refractivity contribution >= 4 is 40.9 Å². The number of carboxylic acids is 1. The number of carbonyl (C=O) groups is 2. The molecule has 1 unspecified atom stereocenters. The average molecular weight is 420 g/mol. The zero-order valence-electron chi connectivity index (χ0n) is 14.5. The molecule has 1 aromatic heterocycles. The SMILES string of the molecule is CC(Sc1c([O-])on[n+]1-c1ccccc1)C(=O)Nc1ccc(Cl)c(C(=O)O)c1. The van der Waals surface area contributed by atoms with Crippen LogP contribution in [-0.4, -0.2) is 27.5 Å². The molecule has 8 nitrogen and oxygen atoms in total. The van der Waals surface area contributed by atoms with E-state index < -0.39 is 23.1 Å². The van der Waals surface area contributed by atoms with E-state index in [2.05, 4.69) is 10.6 Å². The molecular formula is C18H14ClN3O5S. The lowest BCUT2D eigenvalue weighted by Crippen LogP contribution is -2.36. The third kappa shape index (κ3) is 4.26. The topological polar surface area (TPSA) is 119 Å². The number of nitrogens with one attached hydrogen (secondary N) is 1. The fraction of sp³-hybridized carbons (Fsp3) is 0.111. The number of carbonyl (C=O) groups excluding carboxylic acids is 1. The number of hydrogen-bond acceptors (Lipinski definition) is 6. The molecule has 0 aliphatic heterocycles. The summed E-state index contributed by atoms with van der Waals surface area (Å²) in [5.41, 5.74) is 0.776. The lowest BCUT2D eigenvalue weighted by Gasteiger charge is -2.11. The van der Waals surface area contributed by atoms with Gasteiger partial charge in [0.15, 0.2) is 5.95 Å². The summed E-state index contributed by atoms with van der Waals surface area (Å²) in [6.45, 7) is 1.61. The first-order chi connectivity index (χ1) is 13.4. The van der Waals surface area contributed by atoms with Gasteiger partial charge in [-0.15, -0.1) is 0 Å². The van der Waals surface area contributed by atoms with E-state index in [1.807, 2.05) is 6.07 Å². The second kappa shape index (κ2) is 8.32. The second-order valence-electron chi connectivity index (χ2n) is 5.66. The molecule has 1 heterocycles. The molecule has 3 rings (SSSR count). The van der Waals surface area contributed by atoms with Crippen molar-refractivity contribution in [3.05, 3.63) is 59.1 Å². The number of aromatic nitrogens is 2. The number of nitrogens with zero attached hydrogens (tertiary/aromatic N) is 2. The maximum Gasteiger partial charge on any atom is 0.337 e. The summed E-state index contributed by atoms with van der Waals surface area (Å²) in [5, 5.41) is 27.0. The predicted octanol–water partition coefficient (Wildman–Crippen LogP) is 2.50. The van der Waals surface area contributed by atoms with Crippen molar-refractivity contribution in [1.29, 1.82) is 0 Å². The Morgan fingerprint density at radius 2 is 2.00 bits per heavy atom. The zero-order chi connectivity index (χ0) is 20.3. The lowest BCUT2D eigenvalue weighted by atomic mass is 10.2. The molecule has 2 N–H and O–H groups in total. The molecule has 1 atom stereocenters. The van der Waals surface area contributed by atoms with Crippen molar-refractivity contribution in [2.45, 2.75) is 17.2 Å². The number of hydrogen-bond donors (Lipinski definition) is 2. The summed E-state index contributed by atoms with van der Waals surface area (Å²) in [6.07, 6.45) is 0. The van der Waals surface area contributed by atoms with Crippen molar-refractivity contribution in [2.75, 3.05) is 5.32 Å². The number of anilines is 1. The summed E-state index contributed by atoms with van der Waals surface area (Å²) in [6, 6.07) is 13.0. The third-order valence-electron chi connectivity index (χ3n) is 3.70. The van der Waals surface area contributed by atoms with Crippen LogP contribution < -0.4 is 15.1 Å². The van der Waals surface area contributed by atoms with Crippen LogP contribution in [-0.2, 0) is 4.79 Å². The van der Waals surface area contributed by atoms with E-state index in [4.69, 9.17) is 21.2 Å². The maximum absolute atomic E-state index is 12.5. The van der Waals surface area contributed by atoms with Gasteiger partial charge in [-0.3, -0.25) is 4.79 Å². The molecule has 0 aliphatic carbocycles. The van der Waals surface area contributed by atoms with Gasteiger partial charge < -0.3 is 20.1 Å². The van der Waals surface area contributed by atoms with Crippen LogP contribution in [0.25, 0.3) is 5.69 Å². The van der Waals surface area contributed by atoms with Crippen molar-refractivity contribution < 1.29 is 29.0 Å². The number of aromatic carboxylic acids is 1. The fourth-order valence-corrected chi connectivity index (χ4v) is 3.38. The molecule has 0 saturated carbocycles. The highest BCUT2D eigenvalue weighted by molar-refractivity contribution is 8.00. The first-order valence-electron chi connectivity index (χ1n) is 8.01. The monoisotopic (exact) mass is 419 g/mol. The van der Waals surface area contributed by atoms with Crippen LogP contribution in [0.4, 0.5) is 5.69 Å². The molecule has 0 spiro atoms. The van der Waals surface area contributed by atoms with E-state index in [1.54, 1.807) is 31.2 Å². The van der Waals surface area contributed by atoms with Gasteiger partial charge in [-0.1, -0.05) is 29.8 Å². The van der Waals surface area contributed by atoms with Crippen molar-refractivity contribution in [2.24, 2.45) is 0 Å². The van der Waals surface area contributed by atoms with Gasteiger partial charge in [0.25, 0.3) is 5.03 Å². The lowest BCUT2D eigenvalue weighted by molar-refractivity contribution is -0.705. The highest BCUT2D eigenvalue weighted by Gasteiger charge is 2.26.